The summed E-state index contributed by atoms with van der Waals surface area (Å²) >= 11 is 0. The monoisotopic (exact) mass is 386 g/mol. The molecule has 0 aliphatic carbocycles. The highest BCUT2D eigenvalue weighted by molar-refractivity contribution is 5.95. The molecule has 2 heterocycles. The molecule has 0 bridgehead atoms. The fourth-order valence-corrected chi connectivity index (χ4v) is 4.14. The molecule has 0 saturated carbocycles. The summed E-state index contributed by atoms with van der Waals surface area (Å²) in [7, 11) is 0. The summed E-state index contributed by atoms with van der Waals surface area (Å²) in [6.07, 6.45) is 5.69. The standard InChI is InChI=1S/C22H34N4O2/c1-2-25(15-14-24-12-8-3-4-9-13-24)22(28)23-17-19-16-21(27)26(18-19)20-10-6-5-7-11-20/h5-7,10-11,19H,2-4,8-9,12-18H2,1H3,(H,23,28). The number of hydrogen-bond donors (Lipinski definition) is 1. The van der Waals surface area contributed by atoms with Crippen molar-refractivity contribution in [2.45, 2.75) is 39.0 Å². The molecule has 28 heavy (non-hydrogen) atoms. The lowest BCUT2D eigenvalue weighted by molar-refractivity contribution is -0.117. The number of carbonyl (C=O) groups is 2. The van der Waals surface area contributed by atoms with E-state index < -0.39 is 0 Å². The maximum absolute atomic E-state index is 12.6. The van der Waals surface area contributed by atoms with Gasteiger partial charge in [-0.1, -0.05) is 31.0 Å². The molecular weight excluding hydrogens is 352 g/mol. The Labute approximate surface area is 168 Å². The third-order valence-corrected chi connectivity index (χ3v) is 5.87. The largest absolute Gasteiger partial charge is 0.338 e. The molecule has 3 amide bonds. The van der Waals surface area contributed by atoms with E-state index in [4.69, 9.17) is 0 Å². The topological polar surface area (TPSA) is 55.9 Å². The quantitative estimate of drug-likeness (QED) is 0.784. The van der Waals surface area contributed by atoms with Crippen LogP contribution in [0.15, 0.2) is 30.3 Å². The summed E-state index contributed by atoms with van der Waals surface area (Å²) in [6.45, 7) is 7.97. The summed E-state index contributed by atoms with van der Waals surface area (Å²) in [5, 5.41) is 3.06. The number of para-hydroxylation sites is 1. The molecule has 3 rings (SSSR count). The van der Waals surface area contributed by atoms with Crippen LogP contribution in [0.1, 0.15) is 39.0 Å². The van der Waals surface area contributed by atoms with Crippen LogP contribution in [0, 0.1) is 5.92 Å². The molecule has 2 aliphatic heterocycles. The fraction of sp³-hybridized carbons (Fsp3) is 0.636. The Hall–Kier alpha value is -2.08. The average Bonchev–Trinajstić information content (AvgIpc) is 2.91. The Morgan fingerprint density at radius 1 is 1.14 bits per heavy atom. The second kappa shape index (κ2) is 10.5. The van der Waals surface area contributed by atoms with E-state index in [9.17, 15) is 9.59 Å². The number of rotatable bonds is 7. The van der Waals surface area contributed by atoms with Gasteiger partial charge in [0.2, 0.25) is 5.91 Å². The van der Waals surface area contributed by atoms with Crippen LogP contribution in [0.4, 0.5) is 10.5 Å². The van der Waals surface area contributed by atoms with Crippen LogP contribution in [0.3, 0.4) is 0 Å². The minimum absolute atomic E-state index is 0.0112. The lowest BCUT2D eigenvalue weighted by Gasteiger charge is -2.26. The first-order chi connectivity index (χ1) is 13.7. The normalized spacial score (nSPS) is 20.8. The maximum atomic E-state index is 12.6. The Bertz CT molecular complexity index is 629. The lowest BCUT2D eigenvalue weighted by Crippen LogP contribution is -2.45. The Balaban J connectivity index is 1.42. The van der Waals surface area contributed by atoms with Crippen molar-refractivity contribution in [1.82, 2.24) is 15.1 Å². The predicted molar refractivity (Wildman–Crippen MR) is 112 cm³/mol. The van der Waals surface area contributed by atoms with Crippen molar-refractivity contribution in [2.24, 2.45) is 5.92 Å². The smallest absolute Gasteiger partial charge is 0.317 e. The maximum Gasteiger partial charge on any atom is 0.317 e. The zero-order valence-electron chi connectivity index (χ0n) is 17.1. The molecule has 1 aromatic rings. The van der Waals surface area contributed by atoms with E-state index in [2.05, 4.69) is 10.2 Å². The second-order valence-electron chi connectivity index (χ2n) is 7.93. The number of hydrogen-bond acceptors (Lipinski definition) is 3. The molecule has 2 fully saturated rings. The second-order valence-corrected chi connectivity index (χ2v) is 7.93. The van der Waals surface area contributed by atoms with Crippen LogP contribution in [0.25, 0.3) is 0 Å². The van der Waals surface area contributed by atoms with E-state index in [0.29, 0.717) is 26.1 Å². The van der Waals surface area contributed by atoms with Gasteiger partial charge < -0.3 is 20.0 Å². The summed E-state index contributed by atoms with van der Waals surface area (Å²) in [6, 6.07) is 9.75. The van der Waals surface area contributed by atoms with Gasteiger partial charge >= 0.3 is 6.03 Å². The SMILES string of the molecule is CCN(CCN1CCCCCC1)C(=O)NCC1CC(=O)N(c2ccccc2)C1. The summed E-state index contributed by atoms with van der Waals surface area (Å²) < 4.78 is 0. The molecule has 1 aromatic carbocycles. The number of nitrogens with one attached hydrogen (secondary N) is 1. The van der Waals surface area contributed by atoms with Crippen LogP contribution in [-0.2, 0) is 4.79 Å². The third kappa shape index (κ3) is 5.71. The summed E-state index contributed by atoms with van der Waals surface area (Å²) in [5.74, 6) is 0.305. The number of amides is 3. The number of benzene rings is 1. The first-order valence-electron chi connectivity index (χ1n) is 10.8. The van der Waals surface area contributed by atoms with Crippen LogP contribution in [-0.4, -0.2) is 67.6 Å². The van der Waals surface area contributed by atoms with Gasteiger partial charge in [0.25, 0.3) is 0 Å². The highest BCUT2D eigenvalue weighted by Gasteiger charge is 2.30. The van der Waals surface area contributed by atoms with Gasteiger partial charge in [0, 0.05) is 50.7 Å². The van der Waals surface area contributed by atoms with Crippen LogP contribution in [0.2, 0.25) is 0 Å². The van der Waals surface area contributed by atoms with Gasteiger partial charge in [-0.3, -0.25) is 4.79 Å². The molecule has 0 aromatic heterocycles. The van der Waals surface area contributed by atoms with Crippen LogP contribution >= 0.6 is 0 Å². The number of nitrogens with zero attached hydrogens (tertiary/aromatic N) is 3. The van der Waals surface area contributed by atoms with Crippen molar-refractivity contribution in [1.29, 1.82) is 0 Å². The molecule has 1 N–H and O–H groups in total. The molecule has 2 aliphatic rings. The molecule has 0 radical (unpaired) electrons. The molecule has 0 spiro atoms. The molecule has 1 unspecified atom stereocenters. The number of anilines is 1. The molecule has 154 valence electrons. The number of likely N-dealkylation sites (N-methyl/N-ethyl adjacent to an activating group) is 1. The Morgan fingerprint density at radius 3 is 2.54 bits per heavy atom. The van der Waals surface area contributed by atoms with Gasteiger partial charge in [0.1, 0.15) is 0 Å². The fourth-order valence-electron chi connectivity index (χ4n) is 4.14. The van der Waals surface area contributed by atoms with Crippen molar-refractivity contribution in [3.05, 3.63) is 30.3 Å². The van der Waals surface area contributed by atoms with Gasteiger partial charge in [-0.05, 0) is 45.0 Å². The van der Waals surface area contributed by atoms with E-state index in [1.807, 2.05) is 47.1 Å². The molecule has 1 atom stereocenters. The minimum Gasteiger partial charge on any atom is -0.338 e. The number of urea groups is 1. The highest BCUT2D eigenvalue weighted by atomic mass is 16.2. The van der Waals surface area contributed by atoms with Crippen molar-refractivity contribution in [3.63, 3.8) is 0 Å². The van der Waals surface area contributed by atoms with Crippen LogP contribution < -0.4 is 10.2 Å². The van der Waals surface area contributed by atoms with E-state index in [1.165, 1.54) is 25.7 Å². The summed E-state index contributed by atoms with van der Waals surface area (Å²) in [5.41, 5.74) is 0.939. The first kappa shape index (κ1) is 20.6. The lowest BCUT2D eigenvalue weighted by atomic mass is 10.1. The van der Waals surface area contributed by atoms with E-state index in [1.54, 1.807) is 0 Å². The van der Waals surface area contributed by atoms with E-state index >= 15 is 0 Å². The van der Waals surface area contributed by atoms with E-state index in [0.717, 1.165) is 31.9 Å². The Kier molecular flexibility index (Phi) is 7.71. The highest BCUT2D eigenvalue weighted by Crippen LogP contribution is 2.24. The number of likely N-dealkylation sites (tertiary alicyclic amines) is 1. The Morgan fingerprint density at radius 2 is 1.86 bits per heavy atom. The third-order valence-electron chi connectivity index (χ3n) is 5.87. The molecule has 6 nitrogen and oxygen atoms in total. The van der Waals surface area contributed by atoms with Crippen molar-refractivity contribution >= 4 is 17.6 Å². The molecular formula is C22H34N4O2. The van der Waals surface area contributed by atoms with Gasteiger partial charge in [0.15, 0.2) is 0 Å². The van der Waals surface area contributed by atoms with Gasteiger partial charge in [-0.25, -0.2) is 4.79 Å². The van der Waals surface area contributed by atoms with Gasteiger partial charge in [-0.15, -0.1) is 0 Å². The first-order valence-corrected chi connectivity index (χ1v) is 10.8. The predicted octanol–water partition coefficient (Wildman–Crippen LogP) is 2.95. The van der Waals surface area contributed by atoms with Crippen LogP contribution in [0.5, 0.6) is 0 Å². The van der Waals surface area contributed by atoms with Gasteiger partial charge in [0.05, 0.1) is 0 Å². The van der Waals surface area contributed by atoms with Crippen molar-refractivity contribution < 1.29 is 9.59 Å². The van der Waals surface area contributed by atoms with Crippen molar-refractivity contribution in [3.8, 4) is 0 Å². The zero-order valence-corrected chi connectivity index (χ0v) is 17.1. The zero-order chi connectivity index (χ0) is 19.8. The molecule has 2 saturated heterocycles. The number of carbonyl (C=O) groups excluding carboxylic acids is 2. The minimum atomic E-state index is -0.0112. The van der Waals surface area contributed by atoms with E-state index in [-0.39, 0.29) is 17.9 Å². The molecule has 6 heteroatoms. The van der Waals surface area contributed by atoms with Gasteiger partial charge in [-0.2, -0.15) is 0 Å². The summed E-state index contributed by atoms with van der Waals surface area (Å²) in [4.78, 5) is 31.1. The average molecular weight is 387 g/mol. The van der Waals surface area contributed by atoms with Crippen molar-refractivity contribution in [2.75, 3.05) is 50.7 Å².